The normalized spacial score (nSPS) is 42.3. The van der Waals surface area contributed by atoms with Gasteiger partial charge in [-0.1, -0.05) is 89.1 Å². The standard InChI is InChI=1S/C46H67NO3/c1-27(2)41-39(48)25-46(21-22-47-26-32-11-9-28(3)10-12-32)20-17-38-34(42(41)46)13-14-40-44(7)18-15-33(30(5)37(44)16-19-45(38,40)8)23-29(4)35-24-36(31(35)6)43(49)50/h9-12,27,30-31,33-38,40,47H,4,13-26H2,1-3,5-8H3,(H,49,50). The van der Waals surface area contributed by atoms with Gasteiger partial charge in [0.2, 0.25) is 0 Å². The molecule has 1 aromatic rings. The van der Waals surface area contributed by atoms with Crippen molar-refractivity contribution in [3.63, 3.8) is 0 Å². The van der Waals surface area contributed by atoms with Crippen molar-refractivity contribution in [2.75, 3.05) is 6.54 Å². The molecule has 0 aliphatic heterocycles. The van der Waals surface area contributed by atoms with Crippen LogP contribution in [0.4, 0.5) is 0 Å². The van der Waals surface area contributed by atoms with E-state index in [4.69, 9.17) is 0 Å². The fourth-order valence-corrected chi connectivity index (χ4v) is 14.1. The van der Waals surface area contributed by atoms with Crippen molar-refractivity contribution in [1.82, 2.24) is 5.32 Å². The van der Waals surface area contributed by atoms with Crippen molar-refractivity contribution in [2.45, 2.75) is 132 Å². The van der Waals surface area contributed by atoms with Gasteiger partial charge >= 0.3 is 5.97 Å². The zero-order valence-corrected chi connectivity index (χ0v) is 32.5. The molecule has 4 heteroatoms. The molecule has 0 aromatic heterocycles. The predicted molar refractivity (Wildman–Crippen MR) is 203 cm³/mol. The number of carbonyl (C=O) groups excluding carboxylic acids is 1. The van der Waals surface area contributed by atoms with Crippen LogP contribution in [0.15, 0.2) is 47.6 Å². The van der Waals surface area contributed by atoms with Crippen LogP contribution < -0.4 is 5.32 Å². The van der Waals surface area contributed by atoms with Gasteiger partial charge in [-0.3, -0.25) is 9.59 Å². The Balaban J connectivity index is 1.06. The van der Waals surface area contributed by atoms with E-state index >= 15 is 0 Å². The summed E-state index contributed by atoms with van der Waals surface area (Å²) < 4.78 is 0. The van der Waals surface area contributed by atoms with Crippen LogP contribution in [-0.2, 0) is 16.1 Å². The number of hydrogen-bond donors (Lipinski definition) is 2. The lowest BCUT2D eigenvalue weighted by atomic mass is 9.37. The van der Waals surface area contributed by atoms with E-state index in [1.54, 1.807) is 5.57 Å². The van der Waals surface area contributed by atoms with Crippen LogP contribution in [0.25, 0.3) is 0 Å². The van der Waals surface area contributed by atoms with Crippen LogP contribution >= 0.6 is 0 Å². The van der Waals surface area contributed by atoms with Gasteiger partial charge in [0, 0.05) is 18.4 Å². The summed E-state index contributed by atoms with van der Waals surface area (Å²) in [4.78, 5) is 25.5. The van der Waals surface area contributed by atoms with Crippen molar-refractivity contribution >= 4 is 11.8 Å². The number of nitrogens with one attached hydrogen (secondary N) is 1. The lowest BCUT2D eigenvalue weighted by molar-refractivity contribution is -0.170. The Hall–Kier alpha value is -2.20. The molecular weight excluding hydrogens is 615 g/mol. The number of carboxylic acids is 1. The van der Waals surface area contributed by atoms with E-state index in [-0.39, 0.29) is 17.3 Å². The first-order valence-corrected chi connectivity index (χ1v) is 20.6. The number of aliphatic carboxylic acids is 1. The highest BCUT2D eigenvalue weighted by molar-refractivity contribution is 6.00. The Morgan fingerprint density at radius 2 is 1.62 bits per heavy atom. The number of aryl methyl sites for hydroxylation is 1. The fourth-order valence-electron chi connectivity index (χ4n) is 14.1. The topological polar surface area (TPSA) is 66.4 Å². The Morgan fingerprint density at radius 3 is 2.30 bits per heavy atom. The molecule has 12 atom stereocenters. The summed E-state index contributed by atoms with van der Waals surface area (Å²) in [5, 5.41) is 13.3. The van der Waals surface area contributed by atoms with Gasteiger partial charge in [0.25, 0.3) is 0 Å². The second kappa shape index (κ2) is 13.3. The summed E-state index contributed by atoms with van der Waals surface area (Å²) >= 11 is 0. The molecular formula is C46H67NO3. The first-order valence-electron chi connectivity index (χ1n) is 20.6. The molecule has 0 bridgehead atoms. The molecule has 12 unspecified atom stereocenters. The molecule has 0 amide bonds. The van der Waals surface area contributed by atoms with E-state index in [0.717, 1.165) is 50.6 Å². The maximum Gasteiger partial charge on any atom is 0.306 e. The van der Waals surface area contributed by atoms with E-state index in [9.17, 15) is 14.7 Å². The van der Waals surface area contributed by atoms with Crippen LogP contribution in [0.5, 0.6) is 0 Å². The smallest absolute Gasteiger partial charge is 0.306 e. The third-order valence-electron chi connectivity index (χ3n) is 16.9. The molecule has 0 saturated heterocycles. The number of carbonyl (C=O) groups is 2. The third-order valence-corrected chi connectivity index (χ3v) is 16.9. The first kappa shape index (κ1) is 36.2. The van der Waals surface area contributed by atoms with Crippen molar-refractivity contribution in [2.24, 2.45) is 75.4 Å². The molecule has 0 spiro atoms. The zero-order valence-electron chi connectivity index (χ0n) is 32.5. The summed E-state index contributed by atoms with van der Waals surface area (Å²) in [6.45, 7) is 23.2. The number of carboxylic acid groups (broad SMARTS) is 1. The van der Waals surface area contributed by atoms with Crippen molar-refractivity contribution in [3.05, 3.63) is 58.7 Å². The average Bonchev–Trinajstić information content (AvgIpc) is 3.36. The lowest BCUT2D eigenvalue weighted by Gasteiger charge is -2.67. The minimum atomic E-state index is -0.630. The fraction of sp³-hybridized carbons (Fsp3) is 0.739. The van der Waals surface area contributed by atoms with Crippen LogP contribution in [0.3, 0.4) is 0 Å². The van der Waals surface area contributed by atoms with E-state index < -0.39 is 5.97 Å². The quantitative estimate of drug-likeness (QED) is 0.191. The van der Waals surface area contributed by atoms with Gasteiger partial charge in [0.15, 0.2) is 5.78 Å². The molecule has 5 fully saturated rings. The molecule has 0 heterocycles. The number of hydrogen-bond acceptors (Lipinski definition) is 3. The van der Waals surface area contributed by atoms with E-state index in [2.05, 4.69) is 84.6 Å². The van der Waals surface area contributed by atoms with Gasteiger partial charge in [-0.05, 0) is 159 Å². The SMILES string of the molecule is C=C(CC1CCC2(C)C(CCC3(C)C4CCC5(CCNCc6ccc(C)cc6)CC(=O)C(C(C)C)=C5C4CCC32)C1C)C1CC(C(=O)O)C1C. The summed E-state index contributed by atoms with van der Waals surface area (Å²) in [6.07, 6.45) is 14.0. The Bertz CT molecular complexity index is 1520. The highest BCUT2D eigenvalue weighted by Gasteiger charge is 2.64. The third kappa shape index (κ3) is 5.81. The number of rotatable bonds is 10. The average molecular weight is 682 g/mol. The molecule has 7 rings (SSSR count). The Labute approximate surface area is 303 Å². The van der Waals surface area contributed by atoms with Crippen molar-refractivity contribution < 1.29 is 14.7 Å². The minimum absolute atomic E-state index is 0.0554. The molecule has 274 valence electrons. The molecule has 6 aliphatic rings. The molecule has 0 radical (unpaired) electrons. The maximum atomic E-state index is 13.9. The summed E-state index contributed by atoms with van der Waals surface area (Å²) in [6, 6.07) is 8.87. The van der Waals surface area contributed by atoms with Gasteiger partial charge in [0.05, 0.1) is 5.92 Å². The number of ketones is 1. The molecule has 6 aliphatic carbocycles. The summed E-state index contributed by atoms with van der Waals surface area (Å²) in [5.41, 5.74) is 7.60. The minimum Gasteiger partial charge on any atom is -0.481 e. The van der Waals surface area contributed by atoms with Gasteiger partial charge < -0.3 is 10.4 Å². The highest BCUT2D eigenvalue weighted by Crippen LogP contribution is 2.72. The van der Waals surface area contributed by atoms with Crippen LogP contribution in [0, 0.1) is 82.3 Å². The predicted octanol–water partition coefficient (Wildman–Crippen LogP) is 10.6. The van der Waals surface area contributed by atoms with E-state index in [1.165, 1.54) is 73.6 Å². The van der Waals surface area contributed by atoms with Crippen LogP contribution in [0.2, 0.25) is 0 Å². The monoisotopic (exact) mass is 682 g/mol. The van der Waals surface area contributed by atoms with Crippen LogP contribution in [-0.4, -0.2) is 23.4 Å². The zero-order chi connectivity index (χ0) is 35.7. The van der Waals surface area contributed by atoms with Crippen molar-refractivity contribution in [3.8, 4) is 0 Å². The number of fused-ring (bicyclic) bond motifs is 7. The molecule has 2 N–H and O–H groups in total. The number of Topliss-reactive ketones (excluding diaryl/α,β-unsaturated/α-hetero) is 1. The van der Waals surface area contributed by atoms with Crippen molar-refractivity contribution in [1.29, 1.82) is 0 Å². The van der Waals surface area contributed by atoms with E-state index in [0.29, 0.717) is 52.1 Å². The van der Waals surface area contributed by atoms with Crippen LogP contribution in [0.1, 0.15) is 130 Å². The maximum absolute atomic E-state index is 13.9. The lowest BCUT2D eigenvalue weighted by Crippen LogP contribution is -2.60. The molecule has 5 saturated carbocycles. The highest BCUT2D eigenvalue weighted by atomic mass is 16.4. The van der Waals surface area contributed by atoms with E-state index in [1.807, 2.05) is 0 Å². The summed E-state index contributed by atoms with van der Waals surface area (Å²) in [7, 11) is 0. The Kier molecular flexibility index (Phi) is 9.65. The summed E-state index contributed by atoms with van der Waals surface area (Å²) in [5.74, 6) is 4.70. The number of benzene rings is 1. The van der Waals surface area contributed by atoms with Gasteiger partial charge in [-0.15, -0.1) is 0 Å². The second-order valence-electron chi connectivity index (χ2n) is 19.5. The van der Waals surface area contributed by atoms with Gasteiger partial charge in [-0.2, -0.15) is 0 Å². The van der Waals surface area contributed by atoms with Gasteiger partial charge in [-0.25, -0.2) is 0 Å². The second-order valence-corrected chi connectivity index (χ2v) is 19.5. The number of allylic oxidation sites excluding steroid dienone is 3. The first-order chi connectivity index (χ1) is 23.7. The largest absolute Gasteiger partial charge is 0.481 e. The Morgan fingerprint density at radius 1 is 0.940 bits per heavy atom. The molecule has 4 nitrogen and oxygen atoms in total. The van der Waals surface area contributed by atoms with Gasteiger partial charge in [0.1, 0.15) is 0 Å². The molecule has 1 aromatic carbocycles. The molecule has 50 heavy (non-hydrogen) atoms.